The molecule has 0 bridgehead atoms. The van der Waals surface area contributed by atoms with E-state index >= 15 is 0 Å². The van der Waals surface area contributed by atoms with Crippen LogP contribution in [0.3, 0.4) is 0 Å². The second-order valence-electron chi connectivity index (χ2n) is 5.91. The number of carbonyl (C=O) groups excluding carboxylic acids is 2. The van der Waals surface area contributed by atoms with Gasteiger partial charge in [-0.25, -0.2) is 4.68 Å². The van der Waals surface area contributed by atoms with Crippen LogP contribution in [0.4, 0.5) is 0 Å². The van der Waals surface area contributed by atoms with Crippen molar-refractivity contribution < 1.29 is 19.1 Å². The Balaban J connectivity index is 1.55. The summed E-state index contributed by atoms with van der Waals surface area (Å²) in [4.78, 5) is 23.3. The van der Waals surface area contributed by atoms with Crippen LogP contribution in [0.25, 0.3) is 0 Å². The van der Waals surface area contributed by atoms with E-state index < -0.39 is 5.91 Å². The Labute approximate surface area is 149 Å². The predicted octanol–water partition coefficient (Wildman–Crippen LogP) is -0.485. The van der Waals surface area contributed by atoms with Gasteiger partial charge in [0.05, 0.1) is 25.8 Å². The summed E-state index contributed by atoms with van der Waals surface area (Å²) in [6.07, 6.45) is 2.13. The number of nitrogens with two attached hydrogens (primary N) is 1. The molecule has 138 valence electrons. The van der Waals surface area contributed by atoms with Gasteiger partial charge in [0.25, 0.3) is 0 Å². The van der Waals surface area contributed by atoms with Crippen LogP contribution in [0.15, 0.2) is 30.6 Å². The molecule has 1 aromatic carbocycles. The molecule has 1 aliphatic rings. The molecule has 0 spiro atoms. The summed E-state index contributed by atoms with van der Waals surface area (Å²) in [6.45, 7) is 1.33. The molecule has 0 unspecified atom stereocenters. The number of aryl methyl sites for hydroxylation is 1. The van der Waals surface area contributed by atoms with Crippen LogP contribution >= 0.6 is 0 Å². The number of hydrogen-bond acceptors (Lipinski definition) is 7. The van der Waals surface area contributed by atoms with Gasteiger partial charge in [-0.1, -0.05) is 0 Å². The number of ether oxygens (including phenoxy) is 2. The maximum Gasteiger partial charge on any atom is 0.248 e. The van der Waals surface area contributed by atoms with Crippen molar-refractivity contribution in [1.29, 1.82) is 0 Å². The Morgan fingerprint density at radius 3 is 2.85 bits per heavy atom. The molecule has 1 saturated heterocycles. The molecule has 2 aromatic rings. The normalized spacial score (nSPS) is 19.7. The Morgan fingerprint density at radius 1 is 1.35 bits per heavy atom. The van der Waals surface area contributed by atoms with Crippen molar-refractivity contribution in [2.45, 2.75) is 31.5 Å². The molecule has 1 aromatic heterocycles. The molecule has 26 heavy (non-hydrogen) atoms. The summed E-state index contributed by atoms with van der Waals surface area (Å²) in [7, 11) is 0. The van der Waals surface area contributed by atoms with Gasteiger partial charge in [0.1, 0.15) is 18.2 Å². The highest BCUT2D eigenvalue weighted by atomic mass is 16.5. The average Bonchev–Trinajstić information content (AvgIpc) is 3.16. The third kappa shape index (κ3) is 4.76. The molecule has 0 radical (unpaired) electrons. The molecular formula is C16H20N6O4. The number of tetrazole rings is 1. The van der Waals surface area contributed by atoms with Crippen molar-refractivity contribution in [2.24, 2.45) is 5.73 Å². The van der Waals surface area contributed by atoms with E-state index in [1.807, 2.05) is 0 Å². The lowest BCUT2D eigenvalue weighted by Crippen LogP contribution is -2.51. The minimum absolute atomic E-state index is 0.131. The SMILES string of the molecule is NC(=O)c1ccc(O[C@@H]2CCOC[C@H]2NC(=O)CCn2cnnn2)cc1. The summed E-state index contributed by atoms with van der Waals surface area (Å²) in [6, 6.07) is 6.33. The van der Waals surface area contributed by atoms with Crippen molar-refractivity contribution >= 4 is 11.8 Å². The van der Waals surface area contributed by atoms with E-state index in [1.165, 1.54) is 11.0 Å². The van der Waals surface area contributed by atoms with Crippen molar-refractivity contribution in [3.63, 3.8) is 0 Å². The van der Waals surface area contributed by atoms with E-state index in [1.54, 1.807) is 24.3 Å². The first-order valence-electron chi connectivity index (χ1n) is 8.26. The van der Waals surface area contributed by atoms with E-state index in [2.05, 4.69) is 20.8 Å². The number of nitrogens with one attached hydrogen (secondary N) is 1. The number of amides is 2. The second-order valence-corrected chi connectivity index (χ2v) is 5.91. The van der Waals surface area contributed by atoms with Gasteiger partial charge in [0.2, 0.25) is 11.8 Å². The minimum atomic E-state index is -0.490. The quantitative estimate of drug-likeness (QED) is 0.680. The first kappa shape index (κ1) is 17.8. The number of nitrogens with zero attached hydrogens (tertiary/aromatic N) is 4. The van der Waals surface area contributed by atoms with E-state index in [4.69, 9.17) is 15.2 Å². The predicted molar refractivity (Wildman–Crippen MR) is 89.2 cm³/mol. The first-order valence-corrected chi connectivity index (χ1v) is 8.26. The fourth-order valence-electron chi connectivity index (χ4n) is 2.64. The highest BCUT2D eigenvalue weighted by Crippen LogP contribution is 2.19. The van der Waals surface area contributed by atoms with Crippen LogP contribution in [0.2, 0.25) is 0 Å². The van der Waals surface area contributed by atoms with Gasteiger partial charge in [-0.05, 0) is 34.7 Å². The molecular weight excluding hydrogens is 340 g/mol. The Morgan fingerprint density at radius 2 is 2.15 bits per heavy atom. The molecule has 2 heterocycles. The molecule has 1 aliphatic heterocycles. The lowest BCUT2D eigenvalue weighted by Gasteiger charge is -2.32. The second kappa shape index (κ2) is 8.39. The molecule has 10 heteroatoms. The smallest absolute Gasteiger partial charge is 0.248 e. The van der Waals surface area contributed by atoms with E-state index in [9.17, 15) is 9.59 Å². The number of rotatable bonds is 7. The molecule has 0 saturated carbocycles. The zero-order valence-corrected chi connectivity index (χ0v) is 14.1. The summed E-state index contributed by atoms with van der Waals surface area (Å²) >= 11 is 0. The molecule has 3 rings (SSSR count). The summed E-state index contributed by atoms with van der Waals surface area (Å²) in [5, 5.41) is 13.7. The molecule has 10 nitrogen and oxygen atoms in total. The highest BCUT2D eigenvalue weighted by molar-refractivity contribution is 5.92. The van der Waals surface area contributed by atoms with Crippen LogP contribution in [0.1, 0.15) is 23.2 Å². The van der Waals surface area contributed by atoms with Gasteiger partial charge in [-0.15, -0.1) is 5.10 Å². The first-order chi connectivity index (χ1) is 12.6. The topological polar surface area (TPSA) is 134 Å². The number of primary amides is 1. The van der Waals surface area contributed by atoms with Crippen molar-refractivity contribution in [2.75, 3.05) is 13.2 Å². The molecule has 2 amide bonds. The lowest BCUT2D eigenvalue weighted by atomic mass is 10.1. The number of hydrogen-bond donors (Lipinski definition) is 2. The zero-order valence-electron chi connectivity index (χ0n) is 14.1. The summed E-state index contributed by atoms with van der Waals surface area (Å²) in [5.41, 5.74) is 5.64. The molecule has 0 aliphatic carbocycles. The summed E-state index contributed by atoms with van der Waals surface area (Å²) in [5.74, 6) is -0.0150. The van der Waals surface area contributed by atoms with Crippen molar-refractivity contribution in [3.8, 4) is 5.75 Å². The molecule has 1 fully saturated rings. The van der Waals surface area contributed by atoms with Crippen LogP contribution < -0.4 is 15.8 Å². The number of aromatic nitrogens is 4. The molecule has 3 N–H and O–H groups in total. The van der Waals surface area contributed by atoms with Gasteiger partial charge >= 0.3 is 0 Å². The Bertz CT molecular complexity index is 734. The van der Waals surface area contributed by atoms with Crippen molar-refractivity contribution in [3.05, 3.63) is 36.2 Å². The third-order valence-corrected chi connectivity index (χ3v) is 4.02. The highest BCUT2D eigenvalue weighted by Gasteiger charge is 2.29. The minimum Gasteiger partial charge on any atom is -0.488 e. The number of carbonyl (C=O) groups is 2. The van der Waals surface area contributed by atoms with Crippen LogP contribution in [0.5, 0.6) is 5.75 Å². The Kier molecular flexibility index (Phi) is 5.74. The monoisotopic (exact) mass is 360 g/mol. The largest absolute Gasteiger partial charge is 0.488 e. The standard InChI is InChI=1S/C16H20N6O4/c17-16(24)11-1-3-12(4-2-11)26-14-6-8-25-9-13(14)19-15(23)5-7-22-10-18-20-21-22/h1-4,10,13-14H,5-9H2,(H2,17,24)(H,19,23)/t13-,14-/m1/s1. The van der Waals surface area contributed by atoms with Gasteiger partial charge in [-0.3, -0.25) is 9.59 Å². The van der Waals surface area contributed by atoms with E-state index in [0.717, 1.165) is 0 Å². The summed E-state index contributed by atoms with van der Waals surface area (Å²) < 4.78 is 12.9. The zero-order chi connectivity index (χ0) is 18.4. The third-order valence-electron chi connectivity index (χ3n) is 4.02. The Hall–Kier alpha value is -3.01. The molecule has 2 atom stereocenters. The average molecular weight is 360 g/mol. The van der Waals surface area contributed by atoms with Gasteiger partial charge in [0.15, 0.2) is 0 Å². The van der Waals surface area contributed by atoms with Crippen molar-refractivity contribution in [1.82, 2.24) is 25.5 Å². The maximum atomic E-state index is 12.2. The fraction of sp³-hybridized carbons (Fsp3) is 0.438. The van der Waals surface area contributed by atoms with Gasteiger partial charge in [-0.2, -0.15) is 0 Å². The van der Waals surface area contributed by atoms with E-state index in [0.29, 0.717) is 37.5 Å². The van der Waals surface area contributed by atoms with Crippen LogP contribution in [-0.2, 0) is 16.1 Å². The lowest BCUT2D eigenvalue weighted by molar-refractivity contribution is -0.124. The number of benzene rings is 1. The van der Waals surface area contributed by atoms with Gasteiger partial charge < -0.3 is 20.5 Å². The van der Waals surface area contributed by atoms with Gasteiger partial charge in [0, 0.05) is 18.4 Å². The van der Waals surface area contributed by atoms with E-state index in [-0.39, 0.29) is 24.5 Å². The van der Waals surface area contributed by atoms with Crippen LogP contribution in [-0.4, -0.2) is 57.4 Å². The maximum absolute atomic E-state index is 12.2. The van der Waals surface area contributed by atoms with Crippen LogP contribution in [0, 0.1) is 0 Å². The fourth-order valence-corrected chi connectivity index (χ4v) is 2.64.